The third kappa shape index (κ3) is 2.13. The van der Waals surface area contributed by atoms with Crippen LogP contribution in [0.2, 0.25) is 5.02 Å². The van der Waals surface area contributed by atoms with Gasteiger partial charge in [-0.15, -0.1) is 11.6 Å². The first-order chi connectivity index (χ1) is 8.47. The Bertz CT molecular complexity index is 545. The van der Waals surface area contributed by atoms with E-state index < -0.39 is 4.87 Å². The Morgan fingerprint density at radius 1 is 1.33 bits per heavy atom. The zero-order valence-electron chi connectivity index (χ0n) is 10.3. The molecule has 0 bridgehead atoms. The predicted octanol–water partition coefficient (Wildman–Crippen LogP) is 4.57. The van der Waals surface area contributed by atoms with Crippen LogP contribution in [0.4, 0.5) is 0 Å². The zero-order chi connectivity index (χ0) is 13.3. The second-order valence-corrected chi connectivity index (χ2v) is 5.57. The van der Waals surface area contributed by atoms with Gasteiger partial charge < -0.3 is 0 Å². The number of carbonyl (C=O) groups is 1. The van der Waals surface area contributed by atoms with Gasteiger partial charge >= 0.3 is 0 Å². The molecule has 18 heavy (non-hydrogen) atoms. The first kappa shape index (κ1) is 13.4. The minimum absolute atomic E-state index is 0.0618. The van der Waals surface area contributed by atoms with Gasteiger partial charge in [-0.1, -0.05) is 55.0 Å². The van der Waals surface area contributed by atoms with Crippen molar-refractivity contribution in [2.75, 3.05) is 0 Å². The fraction of sp³-hybridized carbons (Fsp3) is 0.267. The summed E-state index contributed by atoms with van der Waals surface area (Å²) in [6.07, 6.45) is 7.36. The molecule has 1 aliphatic rings. The first-order valence-electron chi connectivity index (χ1n) is 5.81. The maximum Gasteiger partial charge on any atom is 0.189 e. The van der Waals surface area contributed by atoms with Gasteiger partial charge in [0, 0.05) is 11.5 Å². The number of alkyl halides is 1. The van der Waals surface area contributed by atoms with Crippen molar-refractivity contribution < 1.29 is 4.79 Å². The highest BCUT2D eigenvalue weighted by Crippen LogP contribution is 2.36. The molecule has 94 valence electrons. The summed E-state index contributed by atoms with van der Waals surface area (Å²) < 4.78 is 0. The molecule has 0 radical (unpaired) electrons. The molecule has 0 fully saturated rings. The Morgan fingerprint density at radius 3 is 2.72 bits per heavy atom. The highest BCUT2D eigenvalue weighted by Gasteiger charge is 2.40. The van der Waals surface area contributed by atoms with Crippen molar-refractivity contribution in [3.05, 3.63) is 58.7 Å². The molecule has 3 heteroatoms. The summed E-state index contributed by atoms with van der Waals surface area (Å²) in [7, 11) is 0. The smallest absolute Gasteiger partial charge is 0.189 e. The van der Waals surface area contributed by atoms with Crippen LogP contribution in [0.1, 0.15) is 22.8 Å². The number of carbonyl (C=O) groups excluding carboxylic acids is 1. The Hall–Kier alpha value is -1.05. The summed E-state index contributed by atoms with van der Waals surface area (Å²) in [5.41, 5.74) is 1.37. The summed E-state index contributed by atoms with van der Waals surface area (Å²) in [5.74, 6) is -0.209. The predicted molar refractivity (Wildman–Crippen MR) is 76.5 cm³/mol. The van der Waals surface area contributed by atoms with E-state index in [9.17, 15) is 4.79 Å². The Morgan fingerprint density at radius 2 is 2.06 bits per heavy atom. The minimum atomic E-state index is -1.04. The van der Waals surface area contributed by atoms with E-state index in [0.717, 1.165) is 5.56 Å². The average Bonchev–Trinajstić information content (AvgIpc) is 2.35. The van der Waals surface area contributed by atoms with Crippen LogP contribution in [0.3, 0.4) is 0 Å². The molecule has 0 saturated heterocycles. The van der Waals surface area contributed by atoms with Crippen LogP contribution >= 0.6 is 23.2 Å². The summed E-state index contributed by atoms with van der Waals surface area (Å²) >= 11 is 12.7. The van der Waals surface area contributed by atoms with Crippen molar-refractivity contribution >= 4 is 29.0 Å². The maximum atomic E-state index is 12.6. The van der Waals surface area contributed by atoms with Crippen LogP contribution in [0.25, 0.3) is 0 Å². The fourth-order valence-electron chi connectivity index (χ4n) is 2.03. The second-order valence-electron chi connectivity index (χ2n) is 4.57. The lowest BCUT2D eigenvalue weighted by Gasteiger charge is -2.29. The van der Waals surface area contributed by atoms with Crippen molar-refractivity contribution in [3.8, 4) is 0 Å². The van der Waals surface area contributed by atoms with Gasteiger partial charge in [-0.05, 0) is 18.6 Å². The quantitative estimate of drug-likeness (QED) is 0.573. The summed E-state index contributed by atoms with van der Waals surface area (Å²) in [4.78, 5) is 11.6. The summed E-state index contributed by atoms with van der Waals surface area (Å²) in [6, 6.07) is 5.42. The number of allylic oxidation sites excluding steroid dienone is 4. The molecule has 0 heterocycles. The summed E-state index contributed by atoms with van der Waals surface area (Å²) in [6.45, 7) is 3.80. The van der Waals surface area contributed by atoms with Gasteiger partial charge in [0.15, 0.2) is 5.78 Å². The topological polar surface area (TPSA) is 17.1 Å². The molecule has 1 aliphatic carbocycles. The van der Waals surface area contributed by atoms with Crippen LogP contribution in [0.15, 0.2) is 42.5 Å². The molecular weight excluding hydrogens is 267 g/mol. The third-order valence-corrected chi connectivity index (χ3v) is 4.44. The maximum absolute atomic E-state index is 12.6. The van der Waals surface area contributed by atoms with Crippen LogP contribution in [0.5, 0.6) is 0 Å². The van der Waals surface area contributed by atoms with Gasteiger partial charge in [0.25, 0.3) is 0 Å². The molecule has 0 aromatic heterocycles. The van der Waals surface area contributed by atoms with E-state index >= 15 is 0 Å². The standard InChI is InChI=1S/C15H14Cl2O/c1-10-6-5-8-12(13(10)16)14(18)15(17)9-4-3-7-11(15)2/h3-9,11H,1-2H3. The van der Waals surface area contributed by atoms with E-state index in [1.807, 2.05) is 38.1 Å². The van der Waals surface area contributed by atoms with Gasteiger partial charge in [-0.2, -0.15) is 0 Å². The molecular formula is C15H14Cl2O. The molecule has 1 aromatic rings. The van der Waals surface area contributed by atoms with Crippen LogP contribution < -0.4 is 0 Å². The highest BCUT2D eigenvalue weighted by molar-refractivity contribution is 6.43. The van der Waals surface area contributed by atoms with Crippen LogP contribution in [0, 0.1) is 12.8 Å². The van der Waals surface area contributed by atoms with Crippen LogP contribution in [-0.4, -0.2) is 10.7 Å². The Kier molecular flexibility index (Phi) is 3.65. The van der Waals surface area contributed by atoms with Crippen LogP contribution in [-0.2, 0) is 0 Å². The van der Waals surface area contributed by atoms with Gasteiger partial charge in [0.1, 0.15) is 4.87 Å². The molecule has 2 rings (SSSR count). The largest absolute Gasteiger partial charge is 0.292 e. The third-order valence-electron chi connectivity index (χ3n) is 3.30. The molecule has 0 aliphatic heterocycles. The van der Waals surface area contributed by atoms with Crippen molar-refractivity contribution in [1.29, 1.82) is 0 Å². The SMILES string of the molecule is Cc1cccc(C(=O)C2(Cl)C=CC=CC2C)c1Cl. The van der Waals surface area contributed by atoms with Crippen molar-refractivity contribution in [1.82, 2.24) is 0 Å². The molecule has 2 atom stereocenters. The Labute approximate surface area is 117 Å². The number of hydrogen-bond acceptors (Lipinski definition) is 1. The number of rotatable bonds is 2. The Balaban J connectivity index is 2.46. The zero-order valence-corrected chi connectivity index (χ0v) is 11.8. The highest BCUT2D eigenvalue weighted by atomic mass is 35.5. The number of Topliss-reactive ketones (excluding diaryl/α,β-unsaturated/α-hetero) is 1. The lowest BCUT2D eigenvalue weighted by molar-refractivity contribution is 0.0943. The molecule has 1 aromatic carbocycles. The summed E-state index contributed by atoms with van der Waals surface area (Å²) in [5, 5.41) is 0.484. The molecule has 0 amide bonds. The number of ketones is 1. The van der Waals surface area contributed by atoms with E-state index in [0.29, 0.717) is 10.6 Å². The molecule has 0 N–H and O–H groups in total. The van der Waals surface area contributed by atoms with Gasteiger partial charge in [-0.25, -0.2) is 0 Å². The van der Waals surface area contributed by atoms with E-state index in [4.69, 9.17) is 23.2 Å². The van der Waals surface area contributed by atoms with Gasteiger partial charge in [0.05, 0.1) is 5.02 Å². The molecule has 0 spiro atoms. The normalized spacial score (nSPS) is 26.3. The number of benzene rings is 1. The molecule has 1 nitrogen and oxygen atoms in total. The van der Waals surface area contributed by atoms with Crippen molar-refractivity contribution in [2.24, 2.45) is 5.92 Å². The van der Waals surface area contributed by atoms with E-state index in [1.165, 1.54) is 0 Å². The number of hydrogen-bond donors (Lipinski definition) is 0. The lowest BCUT2D eigenvalue weighted by Crippen LogP contribution is -2.37. The van der Waals surface area contributed by atoms with E-state index in [2.05, 4.69) is 0 Å². The number of aryl methyl sites for hydroxylation is 1. The molecule has 0 saturated carbocycles. The van der Waals surface area contributed by atoms with Crippen molar-refractivity contribution in [2.45, 2.75) is 18.7 Å². The first-order valence-corrected chi connectivity index (χ1v) is 6.57. The van der Waals surface area contributed by atoms with E-state index in [-0.39, 0.29) is 11.7 Å². The minimum Gasteiger partial charge on any atom is -0.292 e. The molecule has 2 unspecified atom stereocenters. The fourth-order valence-corrected chi connectivity index (χ4v) is 2.49. The second kappa shape index (κ2) is 4.91. The lowest BCUT2D eigenvalue weighted by atomic mass is 9.83. The van der Waals surface area contributed by atoms with Gasteiger partial charge in [0.2, 0.25) is 0 Å². The van der Waals surface area contributed by atoms with Crippen molar-refractivity contribution in [3.63, 3.8) is 0 Å². The monoisotopic (exact) mass is 280 g/mol. The van der Waals surface area contributed by atoms with Gasteiger partial charge in [-0.3, -0.25) is 4.79 Å². The number of halogens is 2. The average molecular weight is 281 g/mol. The van der Waals surface area contributed by atoms with E-state index in [1.54, 1.807) is 18.2 Å².